The Hall–Kier alpha value is -3.56. The zero-order valence-corrected chi connectivity index (χ0v) is 19.6. The van der Waals surface area contributed by atoms with E-state index in [1.165, 1.54) is 0 Å². The average Bonchev–Trinajstić information content (AvgIpc) is 3.13. The third kappa shape index (κ3) is 8.42. The van der Waals surface area contributed by atoms with Crippen LogP contribution in [0.3, 0.4) is 0 Å². The van der Waals surface area contributed by atoms with Crippen LogP contribution in [0.2, 0.25) is 0 Å². The normalized spacial score (nSPS) is 17.6. The van der Waals surface area contributed by atoms with Crippen molar-refractivity contribution in [3.8, 4) is 0 Å². The number of alkyl carbamates (subject to hydrolysis) is 1. The summed E-state index contributed by atoms with van der Waals surface area (Å²) in [5.41, 5.74) is 9.20. The largest absolute Gasteiger partial charge is 0.447 e. The Morgan fingerprint density at radius 2 is 2.09 bits per heavy atom. The lowest BCUT2D eigenvalue weighted by Crippen LogP contribution is -2.45. The highest BCUT2D eigenvalue weighted by Gasteiger charge is 2.40. The molecule has 3 amide bonds. The molecule has 3 atom stereocenters. The van der Waals surface area contributed by atoms with E-state index in [-0.39, 0.29) is 19.6 Å². The minimum atomic E-state index is -1.11. The molecule has 0 unspecified atom stereocenters. The molecule has 1 fully saturated rings. The molecule has 0 spiro atoms. The number of hydrogen-bond acceptors (Lipinski definition) is 7. The van der Waals surface area contributed by atoms with Gasteiger partial charge in [0.25, 0.3) is 0 Å². The van der Waals surface area contributed by atoms with Crippen LogP contribution in [0.25, 0.3) is 10.4 Å². The smallest absolute Gasteiger partial charge is 0.416 e. The van der Waals surface area contributed by atoms with E-state index in [2.05, 4.69) is 15.3 Å². The van der Waals surface area contributed by atoms with Crippen LogP contribution >= 0.6 is 0 Å². The van der Waals surface area contributed by atoms with Crippen LogP contribution in [0, 0.1) is 0 Å². The summed E-state index contributed by atoms with van der Waals surface area (Å²) < 4.78 is 10.2. The van der Waals surface area contributed by atoms with E-state index in [4.69, 9.17) is 15.0 Å². The van der Waals surface area contributed by atoms with Crippen molar-refractivity contribution in [2.75, 3.05) is 13.2 Å². The average molecular weight is 474 g/mol. The molecule has 0 aliphatic carbocycles. The summed E-state index contributed by atoms with van der Waals surface area (Å²) in [5, 5.41) is 15.6. The monoisotopic (exact) mass is 473 g/mol. The van der Waals surface area contributed by atoms with Gasteiger partial charge < -0.3 is 19.9 Å². The highest BCUT2D eigenvalue weighted by atomic mass is 16.6. The van der Waals surface area contributed by atoms with E-state index in [0.29, 0.717) is 12.8 Å². The first-order valence-corrected chi connectivity index (χ1v) is 11.0. The van der Waals surface area contributed by atoms with Gasteiger partial charge in [-0.2, -0.15) is 0 Å². The van der Waals surface area contributed by atoms with Crippen molar-refractivity contribution < 1.29 is 29.0 Å². The number of amides is 3. The van der Waals surface area contributed by atoms with Gasteiger partial charge in [-0.1, -0.05) is 47.6 Å². The van der Waals surface area contributed by atoms with Gasteiger partial charge >= 0.3 is 12.2 Å². The Kier molecular flexibility index (Phi) is 9.91. The van der Waals surface area contributed by atoms with E-state index in [1.807, 2.05) is 30.3 Å². The minimum Gasteiger partial charge on any atom is -0.447 e. The number of azide groups is 1. The third-order valence-corrected chi connectivity index (χ3v) is 4.86. The summed E-state index contributed by atoms with van der Waals surface area (Å²) in [4.78, 5) is 40.9. The highest BCUT2D eigenvalue weighted by Crippen LogP contribution is 2.21. The number of hydrogen-bond donors (Lipinski definition) is 2. The number of benzene rings is 1. The quantitative estimate of drug-likeness (QED) is 0.229. The van der Waals surface area contributed by atoms with E-state index < -0.39 is 41.8 Å². The first-order chi connectivity index (χ1) is 16.1. The van der Waals surface area contributed by atoms with Crippen molar-refractivity contribution in [3.05, 3.63) is 58.5 Å². The van der Waals surface area contributed by atoms with Gasteiger partial charge in [-0.3, -0.25) is 4.79 Å². The van der Waals surface area contributed by atoms with Crippen molar-refractivity contribution >= 4 is 18.1 Å². The molecule has 1 saturated heterocycles. The van der Waals surface area contributed by atoms with Crippen molar-refractivity contribution in [3.63, 3.8) is 0 Å². The van der Waals surface area contributed by atoms with Gasteiger partial charge in [0.2, 0.25) is 5.91 Å². The molecule has 2 N–H and O–H groups in total. The van der Waals surface area contributed by atoms with Crippen LogP contribution in [-0.2, 0) is 20.7 Å². The second kappa shape index (κ2) is 12.6. The Bertz CT molecular complexity index is 924. The molecule has 34 heavy (non-hydrogen) atoms. The molecule has 1 aliphatic rings. The number of cyclic esters (lactones) is 1. The summed E-state index contributed by atoms with van der Waals surface area (Å²) in [7, 11) is 0. The van der Waals surface area contributed by atoms with Crippen LogP contribution in [0.15, 0.2) is 47.6 Å². The van der Waals surface area contributed by atoms with E-state index in [0.717, 1.165) is 10.5 Å². The highest BCUT2D eigenvalue weighted by molar-refractivity contribution is 5.96. The number of imide groups is 1. The number of carbonyl (C=O) groups is 3. The fourth-order valence-electron chi connectivity index (χ4n) is 3.35. The van der Waals surface area contributed by atoms with E-state index >= 15 is 0 Å². The predicted molar refractivity (Wildman–Crippen MR) is 124 cm³/mol. The minimum absolute atomic E-state index is 0.0663. The summed E-state index contributed by atoms with van der Waals surface area (Å²) in [5.74, 6) is -0.625. The molecule has 0 saturated carbocycles. The molecular formula is C23H31N5O6. The molecular weight excluding hydrogens is 442 g/mol. The molecule has 184 valence electrons. The van der Waals surface area contributed by atoms with Gasteiger partial charge in [0.05, 0.1) is 18.7 Å². The maximum Gasteiger partial charge on any atom is 0.416 e. The summed E-state index contributed by atoms with van der Waals surface area (Å²) >= 11 is 0. The van der Waals surface area contributed by atoms with E-state index in [1.54, 1.807) is 32.9 Å². The number of nitrogens with zero attached hydrogens (tertiary/aromatic N) is 4. The first kappa shape index (κ1) is 26.7. The molecule has 11 heteroatoms. The van der Waals surface area contributed by atoms with Gasteiger partial charge in [-0.25, -0.2) is 14.5 Å². The first-order valence-electron chi connectivity index (χ1n) is 11.0. The van der Waals surface area contributed by atoms with Crippen LogP contribution in [0.4, 0.5) is 9.59 Å². The molecule has 1 aromatic rings. The van der Waals surface area contributed by atoms with Crippen LogP contribution in [0.5, 0.6) is 0 Å². The Labute approximate surface area is 198 Å². The number of allylic oxidation sites excluding steroid dienone is 1. The molecule has 0 radical (unpaired) electrons. The fourth-order valence-corrected chi connectivity index (χ4v) is 3.35. The van der Waals surface area contributed by atoms with Crippen molar-refractivity contribution in [2.24, 2.45) is 5.11 Å². The molecule has 2 rings (SSSR count). The van der Waals surface area contributed by atoms with E-state index in [9.17, 15) is 19.5 Å². The number of nitrogens with one attached hydrogen (secondary N) is 1. The lowest BCUT2D eigenvalue weighted by molar-refractivity contribution is -0.130. The molecule has 0 aromatic heterocycles. The number of aliphatic hydroxyl groups is 1. The van der Waals surface area contributed by atoms with Crippen molar-refractivity contribution in [1.29, 1.82) is 0 Å². The third-order valence-electron chi connectivity index (χ3n) is 4.86. The van der Waals surface area contributed by atoms with Gasteiger partial charge in [-0.05, 0) is 51.1 Å². The van der Waals surface area contributed by atoms with Gasteiger partial charge in [0, 0.05) is 4.91 Å². The zero-order chi connectivity index (χ0) is 25.1. The second-order valence-electron chi connectivity index (χ2n) is 8.79. The Morgan fingerprint density at radius 1 is 1.38 bits per heavy atom. The summed E-state index contributed by atoms with van der Waals surface area (Å²) in [6.45, 7) is 4.89. The Morgan fingerprint density at radius 3 is 2.71 bits per heavy atom. The summed E-state index contributed by atoms with van der Waals surface area (Å²) in [6, 6.07) is 7.10. The molecule has 0 bridgehead atoms. The maximum absolute atomic E-state index is 13.0. The molecule has 11 nitrogen and oxygen atoms in total. The SMILES string of the molecule is CC(C)(C)OC(=O)N[C@H](/C=C\CC[C@H](N=[N+]=[N-])C(=O)N1C(=O)OC[C@@H]1Cc1ccccc1)CO. The van der Waals surface area contributed by atoms with Gasteiger partial charge in [-0.15, -0.1) is 0 Å². The molecule has 1 heterocycles. The summed E-state index contributed by atoms with van der Waals surface area (Å²) in [6.07, 6.45) is 2.63. The van der Waals surface area contributed by atoms with Crippen LogP contribution in [-0.4, -0.2) is 65.0 Å². The standard InChI is InChI=1S/C23H31N5O6/c1-23(2,3)34-21(31)25-17(14-29)11-7-8-12-19(26-27-24)20(30)28-18(15-33-22(28)32)13-16-9-5-4-6-10-16/h4-7,9-11,17-19,29H,8,12-15H2,1-3H3,(H,25,31)/b11-7-/t17-,18+,19+/m1/s1. The molecule has 1 aliphatic heterocycles. The lowest BCUT2D eigenvalue weighted by atomic mass is 10.0. The second-order valence-corrected chi connectivity index (χ2v) is 8.79. The zero-order valence-electron chi connectivity index (χ0n) is 19.6. The van der Waals surface area contributed by atoms with Gasteiger partial charge in [0.1, 0.15) is 18.2 Å². The van der Waals surface area contributed by atoms with Crippen LogP contribution in [0.1, 0.15) is 39.2 Å². The fraction of sp³-hybridized carbons (Fsp3) is 0.522. The van der Waals surface area contributed by atoms with Crippen LogP contribution < -0.4 is 5.32 Å². The van der Waals surface area contributed by atoms with Gasteiger partial charge in [0.15, 0.2) is 0 Å². The number of aliphatic hydroxyl groups excluding tert-OH is 1. The lowest BCUT2D eigenvalue weighted by Gasteiger charge is -2.22. The predicted octanol–water partition coefficient (Wildman–Crippen LogP) is 3.48. The Balaban J connectivity index is 1.97. The maximum atomic E-state index is 13.0. The van der Waals surface area contributed by atoms with Crippen molar-refractivity contribution in [2.45, 2.75) is 63.8 Å². The topological polar surface area (TPSA) is 154 Å². The molecule has 1 aromatic carbocycles. The van der Waals surface area contributed by atoms with Crippen molar-refractivity contribution in [1.82, 2.24) is 10.2 Å². The number of rotatable bonds is 10. The number of ether oxygens (including phenoxy) is 2. The number of carbonyl (C=O) groups excluding carboxylic acids is 3.